The second kappa shape index (κ2) is 4.06. The molecule has 0 bridgehead atoms. The molecule has 82 valence electrons. The quantitative estimate of drug-likeness (QED) is 0.678. The molecule has 0 fully saturated rings. The number of amides is 1. The lowest BCUT2D eigenvalue weighted by Crippen LogP contribution is -2.11. The molecule has 0 atom stereocenters. The van der Waals surface area contributed by atoms with Crippen LogP contribution in [0.2, 0.25) is 0 Å². The number of aromatic amines is 1. The van der Waals surface area contributed by atoms with Gasteiger partial charge >= 0.3 is 0 Å². The summed E-state index contributed by atoms with van der Waals surface area (Å²) in [4.78, 5) is 14.3. The minimum Gasteiger partial charge on any atom is -0.508 e. The summed E-state index contributed by atoms with van der Waals surface area (Å²) in [5, 5.41) is 11.4. The standard InChI is InChI=1S/C11H9FN2O2/c12-9-5-8(15)1-2-10(9)14-11(16)7-3-4-13-6-7/h1-6,13,15H,(H,14,16). The fourth-order valence-corrected chi connectivity index (χ4v) is 1.27. The Balaban J connectivity index is 2.18. The maximum atomic E-state index is 13.3. The van der Waals surface area contributed by atoms with Gasteiger partial charge in [0, 0.05) is 18.5 Å². The molecule has 4 nitrogen and oxygen atoms in total. The number of benzene rings is 1. The van der Waals surface area contributed by atoms with Crippen molar-refractivity contribution in [1.29, 1.82) is 0 Å². The fraction of sp³-hybridized carbons (Fsp3) is 0. The van der Waals surface area contributed by atoms with Crippen molar-refractivity contribution < 1.29 is 14.3 Å². The van der Waals surface area contributed by atoms with Crippen LogP contribution in [-0.4, -0.2) is 16.0 Å². The molecule has 0 unspecified atom stereocenters. The monoisotopic (exact) mass is 220 g/mol. The summed E-state index contributed by atoms with van der Waals surface area (Å²) < 4.78 is 13.3. The average molecular weight is 220 g/mol. The first-order valence-corrected chi connectivity index (χ1v) is 4.59. The van der Waals surface area contributed by atoms with Crippen molar-refractivity contribution in [2.75, 3.05) is 5.32 Å². The molecule has 0 saturated heterocycles. The Labute approximate surface area is 90.7 Å². The van der Waals surface area contributed by atoms with E-state index in [1.54, 1.807) is 12.3 Å². The largest absolute Gasteiger partial charge is 0.508 e. The van der Waals surface area contributed by atoms with Crippen molar-refractivity contribution in [1.82, 2.24) is 4.98 Å². The van der Waals surface area contributed by atoms with Crippen LogP contribution in [0, 0.1) is 5.82 Å². The third-order valence-electron chi connectivity index (χ3n) is 2.06. The molecule has 0 aliphatic rings. The van der Waals surface area contributed by atoms with Gasteiger partial charge < -0.3 is 15.4 Å². The van der Waals surface area contributed by atoms with Crippen LogP contribution in [-0.2, 0) is 0 Å². The smallest absolute Gasteiger partial charge is 0.257 e. The number of H-pyrrole nitrogens is 1. The van der Waals surface area contributed by atoms with Gasteiger partial charge in [0.15, 0.2) is 0 Å². The minimum absolute atomic E-state index is 0.0315. The molecule has 2 aromatic rings. The third kappa shape index (κ3) is 2.03. The topological polar surface area (TPSA) is 65.1 Å². The van der Waals surface area contributed by atoms with Gasteiger partial charge in [0.05, 0.1) is 11.3 Å². The average Bonchev–Trinajstić information content (AvgIpc) is 2.75. The van der Waals surface area contributed by atoms with Gasteiger partial charge in [-0.1, -0.05) is 0 Å². The van der Waals surface area contributed by atoms with Crippen molar-refractivity contribution in [2.45, 2.75) is 0 Å². The van der Waals surface area contributed by atoms with E-state index in [2.05, 4.69) is 10.3 Å². The highest BCUT2D eigenvalue weighted by Crippen LogP contribution is 2.19. The predicted molar refractivity (Wildman–Crippen MR) is 56.8 cm³/mol. The summed E-state index contributed by atoms with van der Waals surface area (Å²) in [6.07, 6.45) is 3.11. The lowest BCUT2D eigenvalue weighted by Gasteiger charge is -2.05. The Bertz CT molecular complexity index is 509. The number of phenols is 1. The number of halogens is 1. The van der Waals surface area contributed by atoms with Crippen molar-refractivity contribution >= 4 is 11.6 Å². The first-order chi connectivity index (χ1) is 7.66. The maximum absolute atomic E-state index is 13.3. The summed E-state index contributed by atoms with van der Waals surface area (Å²) >= 11 is 0. The first-order valence-electron chi connectivity index (χ1n) is 4.59. The molecule has 0 saturated carbocycles. The Morgan fingerprint density at radius 2 is 2.19 bits per heavy atom. The van der Waals surface area contributed by atoms with Crippen LogP contribution in [0.5, 0.6) is 5.75 Å². The molecule has 1 amide bonds. The van der Waals surface area contributed by atoms with Crippen molar-refractivity contribution in [3.05, 3.63) is 48.0 Å². The molecule has 2 rings (SSSR count). The first kappa shape index (κ1) is 10.2. The van der Waals surface area contributed by atoms with Crippen LogP contribution < -0.4 is 5.32 Å². The van der Waals surface area contributed by atoms with E-state index in [9.17, 15) is 9.18 Å². The molecule has 1 aromatic carbocycles. The zero-order valence-corrected chi connectivity index (χ0v) is 8.20. The fourth-order valence-electron chi connectivity index (χ4n) is 1.27. The van der Waals surface area contributed by atoms with Gasteiger partial charge in [-0.15, -0.1) is 0 Å². The number of hydrogen-bond acceptors (Lipinski definition) is 2. The summed E-state index contributed by atoms with van der Waals surface area (Å²) in [5.74, 6) is -1.27. The molecule has 0 aliphatic carbocycles. The SMILES string of the molecule is O=C(Nc1ccc(O)cc1F)c1cc[nH]c1. The van der Waals surface area contributed by atoms with Gasteiger partial charge in [0.1, 0.15) is 11.6 Å². The predicted octanol–water partition coefficient (Wildman–Crippen LogP) is 2.11. The van der Waals surface area contributed by atoms with Gasteiger partial charge in [0.2, 0.25) is 0 Å². The van der Waals surface area contributed by atoms with Crippen LogP contribution in [0.25, 0.3) is 0 Å². The Morgan fingerprint density at radius 3 is 2.81 bits per heavy atom. The molecular weight excluding hydrogens is 211 g/mol. The van der Waals surface area contributed by atoms with Crippen LogP contribution >= 0.6 is 0 Å². The third-order valence-corrected chi connectivity index (χ3v) is 2.06. The number of nitrogens with one attached hydrogen (secondary N) is 2. The van der Waals surface area contributed by atoms with Crippen molar-refractivity contribution in [3.8, 4) is 5.75 Å². The number of hydrogen-bond donors (Lipinski definition) is 3. The summed E-state index contributed by atoms with van der Waals surface area (Å²) in [7, 11) is 0. The number of rotatable bonds is 2. The van der Waals surface area contributed by atoms with Crippen LogP contribution in [0.1, 0.15) is 10.4 Å². The molecule has 1 heterocycles. The number of aromatic hydroxyl groups is 1. The van der Waals surface area contributed by atoms with E-state index in [0.29, 0.717) is 5.56 Å². The van der Waals surface area contributed by atoms with Gasteiger partial charge in [-0.25, -0.2) is 4.39 Å². The number of aromatic nitrogens is 1. The highest BCUT2D eigenvalue weighted by molar-refractivity contribution is 6.04. The molecule has 0 spiro atoms. The van der Waals surface area contributed by atoms with Gasteiger partial charge in [-0.2, -0.15) is 0 Å². The van der Waals surface area contributed by atoms with Gasteiger partial charge in [-0.3, -0.25) is 4.79 Å². The van der Waals surface area contributed by atoms with Gasteiger partial charge in [-0.05, 0) is 18.2 Å². The van der Waals surface area contributed by atoms with Crippen molar-refractivity contribution in [3.63, 3.8) is 0 Å². The molecule has 16 heavy (non-hydrogen) atoms. The maximum Gasteiger partial charge on any atom is 0.257 e. The number of carbonyl (C=O) groups excluding carboxylic acids is 1. The van der Waals surface area contributed by atoms with Gasteiger partial charge in [0.25, 0.3) is 5.91 Å². The molecule has 0 aliphatic heterocycles. The number of anilines is 1. The van der Waals surface area contributed by atoms with Crippen LogP contribution in [0.3, 0.4) is 0 Å². The molecule has 0 radical (unpaired) electrons. The Kier molecular flexibility index (Phi) is 2.59. The molecule has 3 N–H and O–H groups in total. The van der Waals surface area contributed by atoms with Crippen LogP contribution in [0.15, 0.2) is 36.7 Å². The Hall–Kier alpha value is -2.30. The van der Waals surface area contributed by atoms with E-state index in [-0.39, 0.29) is 11.4 Å². The van der Waals surface area contributed by atoms with E-state index in [1.165, 1.54) is 18.3 Å². The van der Waals surface area contributed by atoms with E-state index >= 15 is 0 Å². The minimum atomic E-state index is -0.677. The molecule has 5 heteroatoms. The Morgan fingerprint density at radius 1 is 1.38 bits per heavy atom. The van der Waals surface area contributed by atoms with E-state index in [0.717, 1.165) is 6.07 Å². The van der Waals surface area contributed by atoms with E-state index in [4.69, 9.17) is 5.11 Å². The molecular formula is C11H9FN2O2. The highest BCUT2D eigenvalue weighted by atomic mass is 19.1. The van der Waals surface area contributed by atoms with Crippen molar-refractivity contribution in [2.24, 2.45) is 0 Å². The molecule has 1 aromatic heterocycles. The summed E-state index contributed by atoms with van der Waals surface area (Å²) in [6, 6.07) is 5.12. The summed E-state index contributed by atoms with van der Waals surface area (Å²) in [6.45, 7) is 0. The second-order valence-corrected chi connectivity index (χ2v) is 3.22. The normalized spacial score (nSPS) is 10.1. The lowest BCUT2D eigenvalue weighted by molar-refractivity contribution is 0.102. The zero-order valence-electron chi connectivity index (χ0n) is 8.20. The highest BCUT2D eigenvalue weighted by Gasteiger charge is 2.09. The van der Waals surface area contributed by atoms with E-state index in [1.807, 2.05) is 0 Å². The van der Waals surface area contributed by atoms with Crippen LogP contribution in [0.4, 0.5) is 10.1 Å². The second-order valence-electron chi connectivity index (χ2n) is 3.22. The number of carbonyl (C=O) groups is 1. The lowest BCUT2D eigenvalue weighted by atomic mass is 10.2. The zero-order chi connectivity index (χ0) is 11.5. The van der Waals surface area contributed by atoms with E-state index < -0.39 is 11.7 Å². The number of phenolic OH excluding ortho intramolecular Hbond substituents is 1. The summed E-state index contributed by atoms with van der Waals surface area (Å²) in [5.41, 5.74) is 0.441.